The van der Waals surface area contributed by atoms with Crippen LogP contribution in [0, 0.1) is 12.8 Å². The summed E-state index contributed by atoms with van der Waals surface area (Å²) in [4.78, 5) is 23.6. The maximum Gasteiger partial charge on any atom is 0.263 e. The Bertz CT molecular complexity index is 1000. The third-order valence-corrected chi connectivity index (χ3v) is 5.24. The highest BCUT2D eigenvalue weighted by molar-refractivity contribution is 5.88. The molecule has 8 nitrogen and oxygen atoms in total. The smallest absolute Gasteiger partial charge is 0.263 e. The van der Waals surface area contributed by atoms with Crippen LogP contribution in [0.5, 0.6) is 5.75 Å². The van der Waals surface area contributed by atoms with E-state index in [1.54, 1.807) is 0 Å². The molecule has 0 unspecified atom stereocenters. The molecule has 4 rings (SSSR count). The van der Waals surface area contributed by atoms with Crippen LogP contribution in [-0.2, 0) is 11.3 Å². The van der Waals surface area contributed by atoms with Gasteiger partial charge in [0.25, 0.3) is 5.71 Å². The molecular weight excluding hydrogens is 370 g/mol. The lowest BCUT2D eigenvalue weighted by molar-refractivity contribution is -0.125. The van der Waals surface area contributed by atoms with Gasteiger partial charge in [-0.25, -0.2) is 4.98 Å². The zero-order valence-electron chi connectivity index (χ0n) is 16.7. The quantitative estimate of drug-likeness (QED) is 0.686. The van der Waals surface area contributed by atoms with E-state index in [0.717, 1.165) is 47.6 Å². The Balaban J connectivity index is 1.44. The van der Waals surface area contributed by atoms with Crippen LogP contribution in [0.25, 0.3) is 11.1 Å². The van der Waals surface area contributed by atoms with Crippen molar-refractivity contribution in [2.75, 3.05) is 24.6 Å². The number of benzene rings is 1. The van der Waals surface area contributed by atoms with Crippen molar-refractivity contribution in [1.29, 1.82) is 0 Å². The van der Waals surface area contributed by atoms with Gasteiger partial charge < -0.3 is 19.5 Å². The van der Waals surface area contributed by atoms with E-state index in [1.165, 1.54) is 6.33 Å². The molecule has 0 spiro atoms. The predicted octanol–water partition coefficient (Wildman–Crippen LogP) is 2.86. The Morgan fingerprint density at radius 1 is 1.34 bits per heavy atom. The van der Waals surface area contributed by atoms with E-state index in [1.807, 2.05) is 38.1 Å². The molecule has 0 saturated carbocycles. The van der Waals surface area contributed by atoms with Crippen molar-refractivity contribution in [3.8, 4) is 5.75 Å². The number of aromatic nitrogens is 3. The van der Waals surface area contributed by atoms with E-state index in [2.05, 4.69) is 25.3 Å². The third-order valence-electron chi connectivity index (χ3n) is 5.24. The van der Waals surface area contributed by atoms with Crippen LogP contribution >= 0.6 is 0 Å². The van der Waals surface area contributed by atoms with Crippen molar-refractivity contribution in [2.45, 2.75) is 33.2 Å². The first-order valence-electron chi connectivity index (χ1n) is 9.97. The maximum atomic E-state index is 12.9. The number of aryl methyl sites for hydroxylation is 1. The minimum Gasteiger partial charge on any atom is -0.494 e. The molecule has 1 aromatic carbocycles. The van der Waals surface area contributed by atoms with Crippen LogP contribution in [-0.4, -0.2) is 40.7 Å². The van der Waals surface area contributed by atoms with Gasteiger partial charge in [0.05, 0.1) is 18.2 Å². The number of fused-ring (bicyclic) bond motifs is 1. The zero-order valence-corrected chi connectivity index (χ0v) is 16.7. The lowest BCUT2D eigenvalue weighted by atomic mass is 9.96. The lowest BCUT2D eigenvalue weighted by Crippen LogP contribution is -2.43. The summed E-state index contributed by atoms with van der Waals surface area (Å²) in [6.07, 6.45) is 3.26. The predicted molar refractivity (Wildman–Crippen MR) is 109 cm³/mol. The minimum absolute atomic E-state index is 0.0494. The number of carbonyl (C=O) groups is 1. The van der Waals surface area contributed by atoms with Crippen LogP contribution in [0.15, 0.2) is 35.1 Å². The molecule has 29 heavy (non-hydrogen) atoms. The summed E-state index contributed by atoms with van der Waals surface area (Å²) in [5.74, 6) is 1.54. The molecule has 1 saturated heterocycles. The Morgan fingerprint density at radius 3 is 3.07 bits per heavy atom. The van der Waals surface area contributed by atoms with Gasteiger partial charge in [0, 0.05) is 25.2 Å². The van der Waals surface area contributed by atoms with E-state index in [0.29, 0.717) is 25.4 Å². The van der Waals surface area contributed by atoms with Crippen molar-refractivity contribution in [3.63, 3.8) is 0 Å². The normalized spacial score (nSPS) is 16.8. The molecule has 1 N–H and O–H groups in total. The second-order valence-electron chi connectivity index (χ2n) is 7.19. The van der Waals surface area contributed by atoms with Crippen LogP contribution in [0.4, 0.5) is 5.82 Å². The molecule has 0 bridgehead atoms. The van der Waals surface area contributed by atoms with Gasteiger partial charge in [-0.05, 0) is 32.8 Å². The van der Waals surface area contributed by atoms with Crippen molar-refractivity contribution >= 4 is 22.8 Å². The van der Waals surface area contributed by atoms with Crippen LogP contribution in [0.1, 0.15) is 31.0 Å². The molecule has 1 amide bonds. The van der Waals surface area contributed by atoms with E-state index in [4.69, 9.17) is 9.26 Å². The van der Waals surface area contributed by atoms with E-state index in [-0.39, 0.29) is 11.8 Å². The molecule has 2 aromatic heterocycles. The topological polar surface area (TPSA) is 93.4 Å². The summed E-state index contributed by atoms with van der Waals surface area (Å²) in [6, 6.07) is 7.79. The average molecular weight is 395 g/mol. The SMILES string of the molecule is CCOc1ccccc1CNC(=O)[C@H]1CCCN(c2ncnc3onc(C)c23)C1. The number of piperidine rings is 1. The molecular formula is C21H25N5O3. The fraction of sp³-hybridized carbons (Fsp3) is 0.429. The Labute approximate surface area is 169 Å². The fourth-order valence-corrected chi connectivity index (χ4v) is 3.80. The number of nitrogens with zero attached hydrogens (tertiary/aromatic N) is 4. The Morgan fingerprint density at radius 2 is 2.21 bits per heavy atom. The van der Waals surface area contributed by atoms with Crippen LogP contribution < -0.4 is 15.0 Å². The number of rotatable bonds is 6. The summed E-state index contributed by atoms with van der Waals surface area (Å²) < 4.78 is 10.9. The number of para-hydroxylation sites is 1. The van der Waals surface area contributed by atoms with E-state index < -0.39 is 0 Å². The van der Waals surface area contributed by atoms with Crippen molar-refractivity contribution in [3.05, 3.63) is 41.9 Å². The van der Waals surface area contributed by atoms with Gasteiger partial charge in [-0.1, -0.05) is 23.4 Å². The molecule has 1 fully saturated rings. The van der Waals surface area contributed by atoms with Crippen molar-refractivity contribution in [2.24, 2.45) is 5.92 Å². The van der Waals surface area contributed by atoms with Crippen LogP contribution in [0.2, 0.25) is 0 Å². The standard InChI is InChI=1S/C21H25N5O3/c1-3-28-17-9-5-4-7-15(17)11-22-20(27)16-8-6-10-26(12-16)19-18-14(2)25-29-21(18)24-13-23-19/h4-5,7,9,13,16H,3,6,8,10-12H2,1-2H3,(H,22,27)/t16-/m0/s1. The molecule has 1 atom stereocenters. The Kier molecular flexibility index (Phi) is 5.59. The van der Waals surface area contributed by atoms with Crippen LogP contribution in [0.3, 0.4) is 0 Å². The molecule has 1 aliphatic heterocycles. The van der Waals surface area contributed by atoms with Crippen molar-refractivity contribution < 1.29 is 14.1 Å². The average Bonchev–Trinajstić information content (AvgIpc) is 3.14. The molecule has 0 radical (unpaired) electrons. The zero-order chi connectivity index (χ0) is 20.2. The first kappa shape index (κ1) is 19.2. The third kappa shape index (κ3) is 4.01. The Hall–Kier alpha value is -3.16. The number of amides is 1. The highest BCUT2D eigenvalue weighted by Crippen LogP contribution is 2.29. The summed E-state index contributed by atoms with van der Waals surface area (Å²) >= 11 is 0. The highest BCUT2D eigenvalue weighted by Gasteiger charge is 2.28. The molecule has 1 aliphatic rings. The number of anilines is 1. The number of hydrogen-bond donors (Lipinski definition) is 1. The second kappa shape index (κ2) is 8.46. The monoisotopic (exact) mass is 395 g/mol. The molecule has 3 heterocycles. The van der Waals surface area contributed by atoms with E-state index >= 15 is 0 Å². The summed E-state index contributed by atoms with van der Waals surface area (Å²) in [5.41, 5.74) is 2.22. The molecule has 0 aliphatic carbocycles. The summed E-state index contributed by atoms with van der Waals surface area (Å²) in [7, 11) is 0. The molecule has 152 valence electrons. The van der Waals surface area contributed by atoms with Gasteiger partial charge in [-0.15, -0.1) is 0 Å². The second-order valence-corrected chi connectivity index (χ2v) is 7.19. The van der Waals surface area contributed by atoms with Gasteiger partial charge in [0.15, 0.2) is 0 Å². The summed E-state index contributed by atoms with van der Waals surface area (Å²) in [6.45, 7) is 6.32. The first-order valence-corrected chi connectivity index (χ1v) is 9.97. The van der Waals surface area contributed by atoms with Gasteiger partial charge >= 0.3 is 0 Å². The number of ether oxygens (including phenoxy) is 1. The van der Waals surface area contributed by atoms with Gasteiger partial charge in [-0.3, -0.25) is 4.79 Å². The van der Waals surface area contributed by atoms with E-state index in [9.17, 15) is 4.79 Å². The highest BCUT2D eigenvalue weighted by atomic mass is 16.5. The van der Waals surface area contributed by atoms with Crippen molar-refractivity contribution in [1.82, 2.24) is 20.4 Å². The number of hydrogen-bond acceptors (Lipinski definition) is 7. The minimum atomic E-state index is -0.104. The number of carbonyl (C=O) groups excluding carboxylic acids is 1. The molecule has 3 aromatic rings. The first-order chi connectivity index (χ1) is 14.2. The maximum absolute atomic E-state index is 12.9. The lowest BCUT2D eigenvalue weighted by Gasteiger charge is -2.33. The largest absolute Gasteiger partial charge is 0.494 e. The number of nitrogens with one attached hydrogen (secondary N) is 1. The molecule has 8 heteroatoms. The van der Waals surface area contributed by atoms with Gasteiger partial charge in [-0.2, -0.15) is 4.98 Å². The fourth-order valence-electron chi connectivity index (χ4n) is 3.80. The van der Waals surface area contributed by atoms with Gasteiger partial charge in [0.2, 0.25) is 5.91 Å². The van der Waals surface area contributed by atoms with Gasteiger partial charge in [0.1, 0.15) is 23.3 Å². The summed E-state index contributed by atoms with van der Waals surface area (Å²) in [5, 5.41) is 7.89.